The van der Waals surface area contributed by atoms with Gasteiger partial charge >= 0.3 is 58.7 Å². The Bertz CT molecular complexity index is 150. The number of hydrogen-bond acceptors (Lipinski definition) is 1. The molecule has 1 N–H and O–H groups in total. The molecule has 0 aliphatic carbocycles. The van der Waals surface area contributed by atoms with Crippen molar-refractivity contribution in [1.29, 1.82) is 0 Å². The molecule has 0 aromatic heterocycles. The Morgan fingerprint density at radius 2 is 1.75 bits per heavy atom. The van der Waals surface area contributed by atoms with E-state index in [1.54, 1.807) is 0 Å². The van der Waals surface area contributed by atoms with Crippen LogP contribution in [0.3, 0.4) is 0 Å². The summed E-state index contributed by atoms with van der Waals surface area (Å²) in [6, 6.07) is 9.73. The van der Waals surface area contributed by atoms with Crippen LogP contribution in [0.2, 0.25) is 0 Å². The Kier molecular flexibility index (Phi) is 2.35. The van der Waals surface area contributed by atoms with Crippen molar-refractivity contribution in [3.63, 3.8) is 0 Å². The third-order valence-electron chi connectivity index (χ3n) is 0.849. The Morgan fingerprint density at radius 3 is 2.12 bits per heavy atom. The van der Waals surface area contributed by atoms with Gasteiger partial charge in [0.25, 0.3) is 0 Å². The van der Waals surface area contributed by atoms with E-state index in [9.17, 15) is 0 Å². The molecule has 42 valence electrons. The summed E-state index contributed by atoms with van der Waals surface area (Å²) in [5, 5.41) is 0. The minimum atomic E-state index is -0.842. The number of hydrogen-bond donors (Lipinski definition) is 1. The molecule has 0 saturated carbocycles. The van der Waals surface area contributed by atoms with Crippen LogP contribution in [0.5, 0.6) is 0 Å². The molecule has 0 radical (unpaired) electrons. The number of rotatable bonds is 1. The second-order valence-corrected chi connectivity index (χ2v) is 3.27. The van der Waals surface area contributed by atoms with Gasteiger partial charge in [-0.05, 0) is 0 Å². The van der Waals surface area contributed by atoms with Gasteiger partial charge in [-0.2, -0.15) is 0 Å². The van der Waals surface area contributed by atoms with Crippen LogP contribution in [0.4, 0.5) is 0 Å². The second kappa shape index (κ2) is 3.09. The third-order valence-corrected chi connectivity index (χ3v) is 2.23. The Balaban J connectivity index is 2.83. The topological polar surface area (TPSA) is 20.2 Å². The predicted molar refractivity (Wildman–Crippen MR) is 34.0 cm³/mol. The van der Waals surface area contributed by atoms with Crippen LogP contribution in [-0.2, 0) is 0 Å². The van der Waals surface area contributed by atoms with E-state index in [1.165, 1.54) is 0 Å². The maximum absolute atomic E-state index is 8.67. The van der Waals surface area contributed by atoms with Crippen molar-refractivity contribution < 1.29 is 3.47 Å². The summed E-state index contributed by atoms with van der Waals surface area (Å²) < 4.78 is 9.76. The summed E-state index contributed by atoms with van der Waals surface area (Å²) in [7, 11) is 0. The molecule has 1 aromatic rings. The first-order valence-corrected chi connectivity index (χ1v) is 4.50. The van der Waals surface area contributed by atoms with Crippen molar-refractivity contribution >= 4 is 24.9 Å². The fraction of sp³-hybridized carbons (Fsp3) is 0. The molecule has 0 fully saturated rings. The molecule has 1 nitrogen and oxygen atoms in total. The molecule has 0 atom stereocenters. The standard InChI is InChI=1S/C6H6OTe/c7-8-6-4-2-1-3-5-6/h1-5,7H. The van der Waals surface area contributed by atoms with Gasteiger partial charge in [0.15, 0.2) is 0 Å². The van der Waals surface area contributed by atoms with Gasteiger partial charge < -0.3 is 0 Å². The van der Waals surface area contributed by atoms with Crippen LogP contribution in [0, 0.1) is 0 Å². The summed E-state index contributed by atoms with van der Waals surface area (Å²) in [4.78, 5) is 0. The van der Waals surface area contributed by atoms with Crippen molar-refractivity contribution in [2.24, 2.45) is 0 Å². The molecule has 0 aliphatic rings. The summed E-state index contributed by atoms with van der Waals surface area (Å²) >= 11 is -0.842. The fourth-order valence-electron chi connectivity index (χ4n) is 0.481. The molecule has 0 heterocycles. The van der Waals surface area contributed by atoms with Gasteiger partial charge in [-0.3, -0.25) is 0 Å². The normalized spacial score (nSPS) is 9.12. The number of benzene rings is 1. The van der Waals surface area contributed by atoms with E-state index in [0.717, 1.165) is 3.61 Å². The van der Waals surface area contributed by atoms with E-state index >= 15 is 0 Å². The van der Waals surface area contributed by atoms with Crippen molar-refractivity contribution in [1.82, 2.24) is 0 Å². The first kappa shape index (κ1) is 6.10. The van der Waals surface area contributed by atoms with Crippen LogP contribution in [-0.4, -0.2) is 24.8 Å². The first-order chi connectivity index (χ1) is 3.93. The van der Waals surface area contributed by atoms with Crippen molar-refractivity contribution in [3.8, 4) is 0 Å². The van der Waals surface area contributed by atoms with E-state index in [2.05, 4.69) is 0 Å². The molecular formula is C6H6OTe. The van der Waals surface area contributed by atoms with E-state index in [4.69, 9.17) is 3.47 Å². The maximum atomic E-state index is 8.67. The van der Waals surface area contributed by atoms with Crippen molar-refractivity contribution in [2.45, 2.75) is 0 Å². The van der Waals surface area contributed by atoms with Gasteiger partial charge in [-0.25, -0.2) is 0 Å². The van der Waals surface area contributed by atoms with Gasteiger partial charge in [0.2, 0.25) is 0 Å². The van der Waals surface area contributed by atoms with Gasteiger partial charge in [0.05, 0.1) is 0 Å². The van der Waals surface area contributed by atoms with E-state index in [-0.39, 0.29) is 0 Å². The zero-order valence-electron chi connectivity index (χ0n) is 4.24. The molecule has 1 aromatic carbocycles. The monoisotopic (exact) mass is 224 g/mol. The van der Waals surface area contributed by atoms with Crippen LogP contribution < -0.4 is 3.61 Å². The van der Waals surface area contributed by atoms with E-state index in [1.807, 2.05) is 30.3 Å². The summed E-state index contributed by atoms with van der Waals surface area (Å²) in [6.07, 6.45) is 0. The zero-order valence-corrected chi connectivity index (χ0v) is 6.57. The van der Waals surface area contributed by atoms with E-state index < -0.39 is 21.3 Å². The summed E-state index contributed by atoms with van der Waals surface area (Å²) in [5.74, 6) is 0. The molecular weight excluding hydrogens is 216 g/mol. The first-order valence-electron chi connectivity index (χ1n) is 2.30. The molecule has 0 aliphatic heterocycles. The molecule has 1 rings (SSSR count). The van der Waals surface area contributed by atoms with Crippen LogP contribution in [0.1, 0.15) is 0 Å². The van der Waals surface area contributed by atoms with Crippen LogP contribution in [0.25, 0.3) is 0 Å². The van der Waals surface area contributed by atoms with Gasteiger partial charge in [-0.15, -0.1) is 0 Å². The zero-order chi connectivity index (χ0) is 5.82. The molecule has 2 heteroatoms. The SMILES string of the molecule is O[Te]c1ccccc1. The quantitative estimate of drug-likeness (QED) is 0.658. The third kappa shape index (κ3) is 1.48. The molecule has 0 spiro atoms. The van der Waals surface area contributed by atoms with Gasteiger partial charge in [-0.1, -0.05) is 0 Å². The average Bonchev–Trinajstić information content (AvgIpc) is 1.90. The molecule has 0 unspecified atom stereocenters. The van der Waals surface area contributed by atoms with Crippen molar-refractivity contribution in [2.75, 3.05) is 0 Å². The Morgan fingerprint density at radius 1 is 1.12 bits per heavy atom. The average molecular weight is 222 g/mol. The van der Waals surface area contributed by atoms with Gasteiger partial charge in [0.1, 0.15) is 0 Å². The van der Waals surface area contributed by atoms with Gasteiger partial charge in [0, 0.05) is 0 Å². The fourth-order valence-corrected chi connectivity index (χ4v) is 1.28. The predicted octanol–water partition coefficient (Wildman–Crippen LogP) is -0.0766. The molecule has 0 amide bonds. The second-order valence-electron chi connectivity index (χ2n) is 1.40. The summed E-state index contributed by atoms with van der Waals surface area (Å²) in [5.41, 5.74) is 0. The Labute approximate surface area is 59.0 Å². The van der Waals surface area contributed by atoms with E-state index in [0.29, 0.717) is 0 Å². The molecule has 8 heavy (non-hydrogen) atoms. The summed E-state index contributed by atoms with van der Waals surface area (Å²) in [6.45, 7) is 0. The van der Waals surface area contributed by atoms with Crippen LogP contribution in [0.15, 0.2) is 30.3 Å². The molecule has 0 bridgehead atoms. The van der Waals surface area contributed by atoms with Crippen LogP contribution >= 0.6 is 0 Å². The Hall–Kier alpha value is -0.0304. The van der Waals surface area contributed by atoms with Crippen molar-refractivity contribution in [3.05, 3.63) is 30.3 Å². The molecule has 0 saturated heterocycles. The minimum absolute atomic E-state index is 0.842.